The van der Waals surface area contributed by atoms with Crippen molar-refractivity contribution in [2.75, 3.05) is 13.7 Å². The maximum Gasteiger partial charge on any atom is 0.224 e. The number of aryl methyl sites for hydroxylation is 1. The standard InChI is InChI=1S/C20H21NO3/c1-3-13-24-18-12-10-15(14-19(18)23-2)9-11-17(20(21)22)16-7-5-4-6-8-16/h1,4-8,10,12,14,17H,9,11,13H2,2H3,(H2,21,22). The predicted octanol–water partition coefficient (Wildman–Crippen LogP) is 2.91. The molecule has 4 nitrogen and oxygen atoms in total. The summed E-state index contributed by atoms with van der Waals surface area (Å²) < 4.78 is 10.8. The van der Waals surface area contributed by atoms with E-state index in [1.807, 2.05) is 48.5 Å². The van der Waals surface area contributed by atoms with Gasteiger partial charge in [-0.3, -0.25) is 4.79 Å². The minimum absolute atomic E-state index is 0.188. The Morgan fingerprint density at radius 3 is 2.58 bits per heavy atom. The van der Waals surface area contributed by atoms with Crippen molar-refractivity contribution in [1.29, 1.82) is 0 Å². The molecular formula is C20H21NO3. The maximum absolute atomic E-state index is 11.8. The topological polar surface area (TPSA) is 61.5 Å². The van der Waals surface area contributed by atoms with E-state index in [0.29, 0.717) is 24.3 Å². The second-order valence-corrected chi connectivity index (χ2v) is 5.38. The van der Waals surface area contributed by atoms with Crippen molar-refractivity contribution in [3.8, 4) is 23.8 Å². The smallest absolute Gasteiger partial charge is 0.224 e. The SMILES string of the molecule is C#CCOc1ccc(CCC(C(N)=O)c2ccccc2)cc1OC. The van der Waals surface area contributed by atoms with Gasteiger partial charge in [0.15, 0.2) is 11.5 Å². The number of amides is 1. The van der Waals surface area contributed by atoms with Crippen molar-refractivity contribution in [3.05, 3.63) is 59.7 Å². The lowest BCUT2D eigenvalue weighted by Crippen LogP contribution is -2.22. The van der Waals surface area contributed by atoms with Gasteiger partial charge < -0.3 is 15.2 Å². The van der Waals surface area contributed by atoms with Gasteiger partial charge in [-0.1, -0.05) is 42.3 Å². The monoisotopic (exact) mass is 323 g/mol. The first kappa shape index (κ1) is 17.4. The van der Waals surface area contributed by atoms with Crippen LogP contribution in [0.25, 0.3) is 0 Å². The molecule has 2 N–H and O–H groups in total. The highest BCUT2D eigenvalue weighted by atomic mass is 16.5. The zero-order valence-electron chi connectivity index (χ0n) is 13.7. The summed E-state index contributed by atoms with van der Waals surface area (Å²) in [6, 6.07) is 15.2. The molecule has 0 aliphatic carbocycles. The van der Waals surface area contributed by atoms with E-state index in [-0.39, 0.29) is 18.4 Å². The van der Waals surface area contributed by atoms with Crippen LogP contribution in [0, 0.1) is 12.3 Å². The van der Waals surface area contributed by atoms with Gasteiger partial charge in [0.05, 0.1) is 13.0 Å². The van der Waals surface area contributed by atoms with E-state index in [9.17, 15) is 4.79 Å². The normalized spacial score (nSPS) is 11.3. The van der Waals surface area contributed by atoms with Crippen molar-refractivity contribution in [2.45, 2.75) is 18.8 Å². The molecule has 0 heterocycles. The van der Waals surface area contributed by atoms with Crippen LogP contribution >= 0.6 is 0 Å². The molecule has 0 fully saturated rings. The Morgan fingerprint density at radius 1 is 1.21 bits per heavy atom. The van der Waals surface area contributed by atoms with E-state index in [4.69, 9.17) is 21.6 Å². The number of carbonyl (C=O) groups excluding carboxylic acids is 1. The zero-order valence-corrected chi connectivity index (χ0v) is 13.7. The Kier molecular flexibility index (Phi) is 6.27. The van der Waals surface area contributed by atoms with Gasteiger partial charge in [0, 0.05) is 0 Å². The van der Waals surface area contributed by atoms with Crippen LogP contribution in [0.3, 0.4) is 0 Å². The number of ether oxygens (including phenoxy) is 2. The average molecular weight is 323 g/mol. The summed E-state index contributed by atoms with van der Waals surface area (Å²) in [6.07, 6.45) is 6.54. The number of benzene rings is 2. The van der Waals surface area contributed by atoms with Gasteiger partial charge in [-0.05, 0) is 36.1 Å². The highest BCUT2D eigenvalue weighted by Gasteiger charge is 2.17. The molecule has 4 heteroatoms. The van der Waals surface area contributed by atoms with Gasteiger partial charge >= 0.3 is 0 Å². The van der Waals surface area contributed by atoms with Crippen molar-refractivity contribution in [2.24, 2.45) is 5.73 Å². The molecule has 0 aliphatic heterocycles. The van der Waals surface area contributed by atoms with E-state index < -0.39 is 0 Å². The first-order chi connectivity index (χ1) is 11.7. The summed E-state index contributed by atoms with van der Waals surface area (Å²) in [5.41, 5.74) is 7.55. The lowest BCUT2D eigenvalue weighted by molar-refractivity contribution is -0.119. The number of carbonyl (C=O) groups is 1. The molecule has 24 heavy (non-hydrogen) atoms. The van der Waals surface area contributed by atoms with Crippen LogP contribution in [-0.2, 0) is 11.2 Å². The number of terminal acetylenes is 1. The third-order valence-electron chi connectivity index (χ3n) is 3.81. The number of rotatable bonds is 8. The molecule has 0 aromatic heterocycles. The molecule has 2 rings (SSSR count). The van der Waals surface area contributed by atoms with Crippen molar-refractivity contribution in [1.82, 2.24) is 0 Å². The summed E-state index contributed by atoms with van der Waals surface area (Å²) in [6.45, 7) is 0.188. The predicted molar refractivity (Wildman–Crippen MR) is 94.0 cm³/mol. The van der Waals surface area contributed by atoms with Crippen LogP contribution in [0.5, 0.6) is 11.5 Å². The largest absolute Gasteiger partial charge is 0.493 e. The number of nitrogens with two attached hydrogens (primary N) is 1. The zero-order chi connectivity index (χ0) is 17.4. The highest BCUT2D eigenvalue weighted by molar-refractivity contribution is 5.81. The van der Waals surface area contributed by atoms with Gasteiger partial charge in [0.2, 0.25) is 5.91 Å². The van der Waals surface area contributed by atoms with Crippen LogP contribution in [0.1, 0.15) is 23.5 Å². The van der Waals surface area contributed by atoms with Crippen LogP contribution in [0.4, 0.5) is 0 Å². The van der Waals surface area contributed by atoms with Gasteiger partial charge in [-0.25, -0.2) is 0 Å². The fraction of sp³-hybridized carbons (Fsp3) is 0.250. The Bertz CT molecular complexity index is 719. The van der Waals surface area contributed by atoms with Crippen LogP contribution in [0.2, 0.25) is 0 Å². The Labute approximate surface area is 142 Å². The number of hydrogen-bond acceptors (Lipinski definition) is 3. The number of primary amides is 1. The van der Waals surface area contributed by atoms with Crippen molar-refractivity contribution in [3.63, 3.8) is 0 Å². The van der Waals surface area contributed by atoms with Crippen LogP contribution < -0.4 is 15.2 Å². The summed E-state index contributed by atoms with van der Waals surface area (Å²) in [5, 5.41) is 0. The molecule has 0 aliphatic rings. The van der Waals surface area contributed by atoms with E-state index in [2.05, 4.69) is 5.92 Å². The molecule has 0 saturated carbocycles. The highest BCUT2D eigenvalue weighted by Crippen LogP contribution is 2.29. The fourth-order valence-corrected chi connectivity index (χ4v) is 2.58. The molecule has 124 valence electrons. The number of methoxy groups -OCH3 is 1. The van der Waals surface area contributed by atoms with E-state index in [0.717, 1.165) is 11.1 Å². The quantitative estimate of drug-likeness (QED) is 0.760. The first-order valence-corrected chi connectivity index (χ1v) is 7.73. The summed E-state index contributed by atoms with van der Waals surface area (Å²) in [7, 11) is 1.58. The molecular weight excluding hydrogens is 302 g/mol. The molecule has 1 atom stereocenters. The van der Waals surface area contributed by atoms with Crippen LogP contribution in [-0.4, -0.2) is 19.6 Å². The number of hydrogen-bond donors (Lipinski definition) is 1. The second-order valence-electron chi connectivity index (χ2n) is 5.38. The van der Waals surface area contributed by atoms with E-state index in [1.54, 1.807) is 7.11 Å². The third-order valence-corrected chi connectivity index (χ3v) is 3.81. The lowest BCUT2D eigenvalue weighted by atomic mass is 9.92. The van der Waals surface area contributed by atoms with Crippen molar-refractivity contribution >= 4 is 5.91 Å². The molecule has 1 amide bonds. The Morgan fingerprint density at radius 2 is 1.96 bits per heavy atom. The van der Waals surface area contributed by atoms with Crippen LogP contribution in [0.15, 0.2) is 48.5 Å². The fourth-order valence-electron chi connectivity index (χ4n) is 2.58. The first-order valence-electron chi connectivity index (χ1n) is 7.73. The minimum atomic E-state index is -0.317. The molecule has 2 aromatic rings. The molecule has 1 unspecified atom stereocenters. The van der Waals surface area contributed by atoms with E-state index in [1.165, 1.54) is 0 Å². The lowest BCUT2D eigenvalue weighted by Gasteiger charge is -2.15. The Hall–Kier alpha value is -2.93. The molecule has 2 aromatic carbocycles. The average Bonchev–Trinajstić information content (AvgIpc) is 2.61. The molecule has 0 bridgehead atoms. The van der Waals surface area contributed by atoms with Crippen molar-refractivity contribution < 1.29 is 14.3 Å². The summed E-state index contributed by atoms with van der Waals surface area (Å²) in [4.78, 5) is 11.8. The summed E-state index contributed by atoms with van der Waals surface area (Å²) >= 11 is 0. The molecule has 0 spiro atoms. The van der Waals surface area contributed by atoms with Gasteiger partial charge in [0.25, 0.3) is 0 Å². The van der Waals surface area contributed by atoms with Gasteiger partial charge in [-0.2, -0.15) is 0 Å². The minimum Gasteiger partial charge on any atom is -0.493 e. The summed E-state index contributed by atoms with van der Waals surface area (Å²) in [5.74, 6) is 3.02. The second kappa shape index (κ2) is 8.64. The maximum atomic E-state index is 11.8. The van der Waals surface area contributed by atoms with E-state index >= 15 is 0 Å². The third kappa shape index (κ3) is 4.53. The van der Waals surface area contributed by atoms with Gasteiger partial charge in [-0.15, -0.1) is 6.42 Å². The van der Waals surface area contributed by atoms with Gasteiger partial charge in [0.1, 0.15) is 6.61 Å². The Balaban J connectivity index is 2.10. The molecule has 0 radical (unpaired) electrons. The molecule has 0 saturated heterocycles.